The van der Waals surface area contributed by atoms with Crippen molar-refractivity contribution in [2.24, 2.45) is 0 Å². The van der Waals surface area contributed by atoms with Crippen molar-refractivity contribution < 1.29 is 38.2 Å². The molecule has 0 amide bonds. The molecule has 0 radical (unpaired) electrons. The first-order chi connectivity index (χ1) is 27.1. The van der Waals surface area contributed by atoms with Gasteiger partial charge >= 0.3 is 11.9 Å². The van der Waals surface area contributed by atoms with Crippen LogP contribution in [0.5, 0.6) is 0 Å². The number of carbonyl (C=O) groups excluding carboxylic acids is 3. The summed E-state index contributed by atoms with van der Waals surface area (Å²) in [5.74, 6) is -1.92. The summed E-state index contributed by atoms with van der Waals surface area (Å²) >= 11 is 0. The molecule has 56 heavy (non-hydrogen) atoms. The van der Waals surface area contributed by atoms with Gasteiger partial charge in [0.25, 0.3) is 0 Å². The number of carboxylic acid groups (broad SMARTS) is 1. The number of allylic oxidation sites excluding steroid dienone is 24. The first kappa shape index (κ1) is 51.2. The zero-order valence-electron chi connectivity index (χ0n) is 34.7. The molecule has 0 aromatic heterocycles. The monoisotopic (exact) mass is 772 g/mol. The predicted molar refractivity (Wildman–Crippen MR) is 230 cm³/mol. The third-order valence-corrected chi connectivity index (χ3v) is 7.79. The van der Waals surface area contributed by atoms with Gasteiger partial charge in [0.1, 0.15) is 12.6 Å². The lowest BCUT2D eigenvalue weighted by Crippen LogP contribution is -2.55. The van der Waals surface area contributed by atoms with Crippen LogP contribution in [0.3, 0.4) is 0 Å². The van der Waals surface area contributed by atoms with E-state index in [0.29, 0.717) is 19.3 Å². The normalized spacial score (nSPS) is 14.5. The predicted octanol–water partition coefficient (Wildman–Crippen LogP) is 9.29. The van der Waals surface area contributed by atoms with Crippen LogP contribution in [0.2, 0.25) is 0 Å². The maximum atomic E-state index is 12.7. The maximum absolute atomic E-state index is 12.7. The zero-order valence-corrected chi connectivity index (χ0v) is 34.7. The second kappa shape index (κ2) is 37.1. The Morgan fingerprint density at radius 2 is 0.964 bits per heavy atom. The highest BCUT2D eigenvalue weighted by atomic mass is 16.6. The summed E-state index contributed by atoms with van der Waals surface area (Å²) in [7, 11) is 5.34. The minimum absolute atomic E-state index is 0.0136. The highest BCUT2D eigenvalue weighted by Gasteiger charge is 2.25. The highest BCUT2D eigenvalue weighted by Crippen LogP contribution is 2.10. The molecule has 0 bridgehead atoms. The van der Waals surface area contributed by atoms with E-state index >= 15 is 0 Å². The molecular weight excluding hydrogens is 703 g/mol. The highest BCUT2D eigenvalue weighted by molar-refractivity contribution is 5.70. The van der Waals surface area contributed by atoms with E-state index in [1.807, 2.05) is 128 Å². The van der Waals surface area contributed by atoms with E-state index in [9.17, 15) is 19.5 Å². The molecule has 8 nitrogen and oxygen atoms in total. The van der Waals surface area contributed by atoms with Gasteiger partial charge in [0, 0.05) is 19.3 Å². The molecule has 0 aliphatic carbocycles. The molecule has 0 saturated heterocycles. The van der Waals surface area contributed by atoms with Crippen molar-refractivity contribution in [3.05, 3.63) is 146 Å². The number of carboxylic acids is 1. The lowest BCUT2D eigenvalue weighted by atomic mass is 10.1. The average molecular weight is 772 g/mol. The van der Waals surface area contributed by atoms with Crippen molar-refractivity contribution in [1.29, 1.82) is 0 Å². The Balaban J connectivity index is 4.66. The standard InChI is InChI=1S/C48H69NO7/c1-6-8-10-12-14-16-18-20-21-22-23-24-25-27-29-31-33-35-37-39-47(51)56-44(42-54-41-40-45(48(52)53)49(3,4)5)43-55-46(50)38-36-34-32-30-28-26-19-17-15-13-11-9-7-2/h8-30,32,44-45H,6-7,31,33-43H2,1-5H3/b10-8+,11-9+,14-12+,15-13+,18-16+,19-17+,21-20+,23-22+,25-24+,28-26+,29-27+,32-30+. The Kier molecular flexibility index (Phi) is 34.0. The van der Waals surface area contributed by atoms with Gasteiger partial charge in [-0.1, -0.05) is 166 Å². The first-order valence-electron chi connectivity index (χ1n) is 20.0. The van der Waals surface area contributed by atoms with Crippen molar-refractivity contribution in [1.82, 2.24) is 0 Å². The number of esters is 2. The van der Waals surface area contributed by atoms with E-state index < -0.39 is 18.1 Å². The Hall–Kier alpha value is -4.79. The molecular formula is C48H69NO7. The van der Waals surface area contributed by atoms with E-state index in [-0.39, 0.29) is 55.5 Å². The number of unbranched alkanes of at least 4 members (excludes halogenated alkanes) is 4. The molecule has 0 aromatic rings. The Labute approximate surface area is 338 Å². The molecule has 0 heterocycles. The van der Waals surface area contributed by atoms with Crippen molar-refractivity contribution in [2.45, 2.75) is 96.6 Å². The summed E-state index contributed by atoms with van der Waals surface area (Å²) in [6.07, 6.45) is 54.5. The second-order valence-corrected chi connectivity index (χ2v) is 13.7. The Bertz CT molecular complexity index is 1410. The quantitative estimate of drug-likeness (QED) is 0.0291. The van der Waals surface area contributed by atoms with Gasteiger partial charge in [0.15, 0.2) is 6.10 Å². The number of rotatable bonds is 32. The van der Waals surface area contributed by atoms with Gasteiger partial charge in [-0.25, -0.2) is 0 Å². The van der Waals surface area contributed by atoms with Crippen LogP contribution in [0.15, 0.2) is 146 Å². The van der Waals surface area contributed by atoms with E-state index in [1.54, 1.807) is 21.1 Å². The van der Waals surface area contributed by atoms with Crippen LogP contribution in [0.4, 0.5) is 0 Å². The smallest absolute Gasteiger partial charge is 0.306 e. The molecule has 0 rings (SSSR count). The maximum Gasteiger partial charge on any atom is 0.306 e. The number of hydrogen-bond acceptors (Lipinski definition) is 7. The Morgan fingerprint density at radius 1 is 0.536 bits per heavy atom. The van der Waals surface area contributed by atoms with Crippen molar-refractivity contribution >= 4 is 17.9 Å². The lowest BCUT2D eigenvalue weighted by molar-refractivity contribution is -0.889. The van der Waals surface area contributed by atoms with Gasteiger partial charge in [0.2, 0.25) is 0 Å². The minimum Gasteiger partial charge on any atom is -0.544 e. The summed E-state index contributed by atoms with van der Waals surface area (Å²) in [6.45, 7) is 4.18. The van der Waals surface area contributed by atoms with Gasteiger partial charge in [-0.05, 0) is 44.9 Å². The molecule has 0 aromatic carbocycles. The van der Waals surface area contributed by atoms with Gasteiger partial charge in [0.05, 0.1) is 40.3 Å². The van der Waals surface area contributed by atoms with Crippen LogP contribution in [-0.4, -0.2) is 75.5 Å². The molecule has 0 aliphatic heterocycles. The largest absolute Gasteiger partial charge is 0.544 e. The summed E-state index contributed by atoms with van der Waals surface area (Å²) in [6, 6.07) is -0.756. The summed E-state index contributed by atoms with van der Waals surface area (Å²) in [5, 5.41) is 11.6. The first-order valence-corrected chi connectivity index (χ1v) is 20.0. The fourth-order valence-corrected chi connectivity index (χ4v) is 4.73. The van der Waals surface area contributed by atoms with Crippen molar-refractivity contribution in [3.8, 4) is 0 Å². The van der Waals surface area contributed by atoms with Gasteiger partial charge in [-0.15, -0.1) is 0 Å². The topological polar surface area (TPSA) is 102 Å². The third kappa shape index (κ3) is 34.9. The number of quaternary nitrogens is 1. The molecule has 0 aliphatic rings. The second-order valence-electron chi connectivity index (χ2n) is 13.7. The van der Waals surface area contributed by atoms with Crippen LogP contribution in [-0.2, 0) is 28.6 Å². The summed E-state index contributed by atoms with van der Waals surface area (Å²) in [4.78, 5) is 36.7. The zero-order chi connectivity index (χ0) is 41.4. The van der Waals surface area contributed by atoms with Crippen molar-refractivity contribution in [2.75, 3.05) is 41.0 Å². The molecule has 0 fully saturated rings. The number of nitrogens with zero attached hydrogens (tertiary/aromatic N) is 1. The van der Waals surface area contributed by atoms with Crippen LogP contribution >= 0.6 is 0 Å². The van der Waals surface area contributed by atoms with E-state index in [1.165, 1.54) is 0 Å². The number of carbonyl (C=O) groups is 3. The van der Waals surface area contributed by atoms with Gasteiger partial charge in [-0.2, -0.15) is 0 Å². The molecule has 0 saturated carbocycles. The molecule has 2 unspecified atom stereocenters. The fourth-order valence-electron chi connectivity index (χ4n) is 4.73. The van der Waals surface area contributed by atoms with Crippen LogP contribution in [0.25, 0.3) is 0 Å². The van der Waals surface area contributed by atoms with E-state index in [4.69, 9.17) is 14.2 Å². The Morgan fingerprint density at radius 3 is 1.41 bits per heavy atom. The number of aliphatic carboxylic acids is 1. The number of ether oxygens (including phenoxy) is 3. The van der Waals surface area contributed by atoms with Crippen LogP contribution in [0, 0.1) is 0 Å². The molecule has 0 spiro atoms. The molecule has 308 valence electrons. The minimum atomic E-state index is -1.15. The fraction of sp³-hybridized carbons (Fsp3) is 0.438. The molecule has 0 N–H and O–H groups in total. The van der Waals surface area contributed by atoms with Crippen LogP contribution < -0.4 is 5.11 Å². The van der Waals surface area contributed by atoms with Gasteiger partial charge < -0.3 is 28.6 Å². The SMILES string of the molecule is CC/C=C/C=C/C=C/C=C/C=C/C=C/C=C/CCCCCC(=O)OC(COCCC(C(=O)[O-])[N+](C)(C)C)COC(=O)CCC/C=C/C=C/C=C/C=C/C=C/CC. The summed E-state index contributed by atoms with van der Waals surface area (Å²) < 4.78 is 17.0. The lowest BCUT2D eigenvalue weighted by Gasteiger charge is -2.34. The number of likely N-dealkylation sites (N-methyl/N-ethyl adjacent to an activating group) is 1. The average Bonchev–Trinajstić information content (AvgIpc) is 3.15. The van der Waals surface area contributed by atoms with Crippen molar-refractivity contribution in [3.63, 3.8) is 0 Å². The third-order valence-electron chi connectivity index (χ3n) is 7.79. The van der Waals surface area contributed by atoms with E-state index in [0.717, 1.165) is 32.1 Å². The van der Waals surface area contributed by atoms with Gasteiger partial charge in [-0.3, -0.25) is 9.59 Å². The molecule has 2 atom stereocenters. The van der Waals surface area contributed by atoms with E-state index in [2.05, 4.69) is 32.1 Å². The molecule has 8 heteroatoms. The number of hydrogen-bond donors (Lipinski definition) is 0. The van der Waals surface area contributed by atoms with Crippen LogP contribution in [0.1, 0.15) is 84.5 Å². The summed E-state index contributed by atoms with van der Waals surface area (Å²) in [5.41, 5.74) is 0.